The van der Waals surface area contributed by atoms with Crippen LogP contribution in [0.2, 0.25) is 0 Å². The average molecular weight is 390 g/mol. The maximum Gasteiger partial charge on any atom is 0.255 e. The van der Waals surface area contributed by atoms with Crippen molar-refractivity contribution in [3.63, 3.8) is 0 Å². The van der Waals surface area contributed by atoms with Crippen molar-refractivity contribution in [2.45, 2.75) is 43.9 Å². The van der Waals surface area contributed by atoms with Crippen molar-refractivity contribution in [2.75, 3.05) is 11.1 Å². The first-order valence-electron chi connectivity index (χ1n) is 9.91. The highest BCUT2D eigenvalue weighted by Gasteiger charge is 2.48. The summed E-state index contributed by atoms with van der Waals surface area (Å²) in [6, 6.07) is 15.3. The lowest BCUT2D eigenvalue weighted by atomic mass is 9.95. The van der Waals surface area contributed by atoms with E-state index in [0.717, 1.165) is 19.3 Å². The van der Waals surface area contributed by atoms with Crippen LogP contribution in [0, 0.1) is 0 Å². The topological polar surface area (TPSA) is 68.0 Å². The molecule has 2 aliphatic carbocycles. The predicted molar refractivity (Wildman–Crippen MR) is 114 cm³/mol. The van der Waals surface area contributed by atoms with Crippen LogP contribution in [0.4, 0.5) is 11.4 Å². The number of aryl methyl sites for hydroxylation is 2. The molecule has 0 aliphatic heterocycles. The second kappa shape index (κ2) is 6.74. The molecule has 142 valence electrons. The molecule has 0 bridgehead atoms. The van der Waals surface area contributed by atoms with Gasteiger partial charge in [-0.15, -0.1) is 11.3 Å². The van der Waals surface area contributed by atoms with Crippen molar-refractivity contribution in [1.29, 1.82) is 0 Å². The summed E-state index contributed by atoms with van der Waals surface area (Å²) in [6.45, 7) is 0. The second-order valence-electron chi connectivity index (χ2n) is 7.80. The number of thiazole rings is 1. The predicted octanol–water partition coefficient (Wildman–Crippen LogP) is 4.94. The van der Waals surface area contributed by atoms with Gasteiger partial charge in [0.25, 0.3) is 5.91 Å². The van der Waals surface area contributed by atoms with Gasteiger partial charge in [0.05, 0.1) is 17.1 Å². The van der Waals surface area contributed by atoms with Crippen LogP contribution in [0.25, 0.3) is 0 Å². The number of nitrogens with one attached hydrogen (secondary N) is 1. The molecule has 3 aromatic rings. The first kappa shape index (κ1) is 17.4. The van der Waals surface area contributed by atoms with E-state index in [1.54, 1.807) is 6.07 Å². The molecule has 1 fully saturated rings. The molecule has 1 heterocycles. The van der Waals surface area contributed by atoms with Gasteiger partial charge < -0.3 is 11.1 Å². The molecule has 0 atom stereocenters. The number of carbonyl (C=O) groups is 1. The summed E-state index contributed by atoms with van der Waals surface area (Å²) in [5.41, 5.74) is 10.4. The molecule has 2 aromatic carbocycles. The maximum absolute atomic E-state index is 12.6. The van der Waals surface area contributed by atoms with Gasteiger partial charge in [-0.2, -0.15) is 0 Å². The number of rotatable bonds is 4. The third-order valence-corrected chi connectivity index (χ3v) is 7.28. The van der Waals surface area contributed by atoms with Gasteiger partial charge in [0.1, 0.15) is 5.01 Å². The standard InChI is InChI=1S/C23H23N3OS/c24-17-5-1-2-6-18(17)25-21(27)15-9-11-16(12-10-15)23(13-14-23)22-26-19-7-3-4-8-20(19)28-22/h1-2,5-6,9-12H,3-4,7-8,13-14,24H2,(H,25,27). The van der Waals surface area contributed by atoms with Gasteiger partial charge in [-0.05, 0) is 68.4 Å². The number of anilines is 2. The number of fused-ring (bicyclic) bond motifs is 1. The lowest BCUT2D eigenvalue weighted by molar-refractivity contribution is 0.102. The number of para-hydroxylation sites is 2. The first-order valence-corrected chi connectivity index (χ1v) is 10.7. The molecule has 0 unspecified atom stereocenters. The highest BCUT2D eigenvalue weighted by atomic mass is 32.1. The first-order chi connectivity index (χ1) is 13.7. The molecule has 2 aliphatic rings. The molecular weight excluding hydrogens is 366 g/mol. The molecule has 4 nitrogen and oxygen atoms in total. The smallest absolute Gasteiger partial charge is 0.255 e. The van der Waals surface area contributed by atoms with Crippen LogP contribution in [-0.4, -0.2) is 10.9 Å². The van der Waals surface area contributed by atoms with E-state index in [2.05, 4.69) is 17.4 Å². The van der Waals surface area contributed by atoms with E-state index in [0.29, 0.717) is 16.9 Å². The second-order valence-corrected chi connectivity index (χ2v) is 8.88. The minimum Gasteiger partial charge on any atom is -0.397 e. The fourth-order valence-corrected chi connectivity index (χ4v) is 5.47. The van der Waals surface area contributed by atoms with Crippen LogP contribution in [0.1, 0.15) is 57.2 Å². The number of carbonyl (C=O) groups excluding carboxylic acids is 1. The Kier molecular flexibility index (Phi) is 4.20. The number of amides is 1. The molecule has 1 aromatic heterocycles. The van der Waals surface area contributed by atoms with Crippen molar-refractivity contribution in [3.05, 3.63) is 75.2 Å². The molecule has 1 amide bonds. The summed E-state index contributed by atoms with van der Waals surface area (Å²) in [5, 5.41) is 4.16. The molecule has 1 saturated carbocycles. The van der Waals surface area contributed by atoms with E-state index in [9.17, 15) is 4.79 Å². The quantitative estimate of drug-likeness (QED) is 0.621. The molecule has 5 heteroatoms. The number of benzene rings is 2. The van der Waals surface area contributed by atoms with Crippen LogP contribution in [0.3, 0.4) is 0 Å². The largest absolute Gasteiger partial charge is 0.397 e. The van der Waals surface area contributed by atoms with Crippen molar-refractivity contribution in [3.8, 4) is 0 Å². The molecule has 5 rings (SSSR count). The molecule has 0 radical (unpaired) electrons. The van der Waals surface area contributed by atoms with Crippen LogP contribution in [0.5, 0.6) is 0 Å². The Morgan fingerprint density at radius 2 is 1.79 bits per heavy atom. The highest BCUT2D eigenvalue weighted by molar-refractivity contribution is 7.12. The van der Waals surface area contributed by atoms with Crippen molar-refractivity contribution in [2.24, 2.45) is 0 Å². The summed E-state index contributed by atoms with van der Waals surface area (Å²) in [6.07, 6.45) is 7.15. The number of nitrogen functional groups attached to an aromatic ring is 1. The Morgan fingerprint density at radius 1 is 1.04 bits per heavy atom. The van der Waals surface area contributed by atoms with Crippen LogP contribution < -0.4 is 11.1 Å². The fraction of sp³-hybridized carbons (Fsp3) is 0.304. The van der Waals surface area contributed by atoms with Gasteiger partial charge in [-0.1, -0.05) is 24.3 Å². The normalized spacial score (nSPS) is 17.0. The van der Waals surface area contributed by atoms with Crippen molar-refractivity contribution in [1.82, 2.24) is 4.98 Å². The number of hydrogen-bond acceptors (Lipinski definition) is 4. The SMILES string of the molecule is Nc1ccccc1NC(=O)c1ccc(C2(c3nc4c(s3)CCCC4)CC2)cc1. The van der Waals surface area contributed by atoms with Crippen molar-refractivity contribution < 1.29 is 4.79 Å². The summed E-state index contributed by atoms with van der Waals surface area (Å²) < 4.78 is 0. The Morgan fingerprint density at radius 3 is 2.50 bits per heavy atom. The Labute approximate surface area is 168 Å². The van der Waals surface area contributed by atoms with Crippen molar-refractivity contribution >= 4 is 28.6 Å². The zero-order valence-corrected chi connectivity index (χ0v) is 16.5. The molecule has 28 heavy (non-hydrogen) atoms. The van der Waals surface area contributed by atoms with Crippen LogP contribution >= 0.6 is 11.3 Å². The van der Waals surface area contributed by atoms with E-state index in [-0.39, 0.29) is 11.3 Å². The monoisotopic (exact) mass is 389 g/mol. The fourth-order valence-electron chi connectivity index (χ4n) is 4.05. The van der Waals surface area contributed by atoms with E-state index < -0.39 is 0 Å². The molecule has 3 N–H and O–H groups in total. The number of aromatic nitrogens is 1. The maximum atomic E-state index is 12.6. The lowest BCUT2D eigenvalue weighted by Crippen LogP contribution is -2.14. The number of nitrogens with two attached hydrogens (primary N) is 1. The summed E-state index contributed by atoms with van der Waals surface area (Å²) in [7, 11) is 0. The van der Waals surface area contributed by atoms with E-state index in [1.807, 2.05) is 41.7 Å². The Balaban J connectivity index is 1.37. The summed E-state index contributed by atoms with van der Waals surface area (Å²) in [5.74, 6) is -0.140. The van der Waals surface area contributed by atoms with Gasteiger partial charge in [0.2, 0.25) is 0 Å². The lowest BCUT2D eigenvalue weighted by Gasteiger charge is -2.14. The summed E-state index contributed by atoms with van der Waals surface area (Å²) in [4.78, 5) is 19.1. The number of hydrogen-bond donors (Lipinski definition) is 2. The Hall–Kier alpha value is -2.66. The summed E-state index contributed by atoms with van der Waals surface area (Å²) >= 11 is 1.91. The minimum absolute atomic E-state index is 0.0703. The number of nitrogens with zero attached hydrogens (tertiary/aromatic N) is 1. The van der Waals surface area contributed by atoms with Crippen LogP contribution in [-0.2, 0) is 18.3 Å². The average Bonchev–Trinajstić information content (AvgIpc) is 3.42. The van der Waals surface area contributed by atoms with Gasteiger partial charge >= 0.3 is 0 Å². The zero-order chi connectivity index (χ0) is 19.1. The Bertz CT molecular complexity index is 1010. The van der Waals surface area contributed by atoms with E-state index in [4.69, 9.17) is 10.7 Å². The molecule has 0 saturated heterocycles. The van der Waals surface area contributed by atoms with Gasteiger partial charge in [-0.25, -0.2) is 4.98 Å². The highest BCUT2D eigenvalue weighted by Crippen LogP contribution is 2.55. The molecular formula is C23H23N3OS. The third-order valence-electron chi connectivity index (χ3n) is 5.91. The van der Waals surface area contributed by atoms with E-state index in [1.165, 1.54) is 40.4 Å². The molecule has 0 spiro atoms. The van der Waals surface area contributed by atoms with Crippen LogP contribution in [0.15, 0.2) is 48.5 Å². The minimum atomic E-state index is -0.140. The van der Waals surface area contributed by atoms with Gasteiger partial charge in [0.15, 0.2) is 0 Å². The third kappa shape index (κ3) is 3.00. The zero-order valence-electron chi connectivity index (χ0n) is 15.7. The van der Waals surface area contributed by atoms with Gasteiger partial charge in [-0.3, -0.25) is 4.79 Å². The van der Waals surface area contributed by atoms with E-state index >= 15 is 0 Å². The van der Waals surface area contributed by atoms with Gasteiger partial charge in [0, 0.05) is 15.9 Å².